The van der Waals surface area contributed by atoms with Gasteiger partial charge >= 0.3 is 17.9 Å². The van der Waals surface area contributed by atoms with Crippen molar-refractivity contribution in [1.29, 1.82) is 0 Å². The van der Waals surface area contributed by atoms with Crippen LogP contribution in [0.5, 0.6) is 0 Å². The summed E-state index contributed by atoms with van der Waals surface area (Å²) in [5.74, 6) is -0.931. The molecule has 67 heavy (non-hydrogen) atoms. The van der Waals surface area contributed by atoms with Crippen LogP contribution in [0.25, 0.3) is 0 Å². The number of esters is 3. The largest absolute Gasteiger partial charge is 0.462 e. The lowest BCUT2D eigenvalue weighted by Crippen LogP contribution is -2.30. The molecule has 0 aliphatic rings. The van der Waals surface area contributed by atoms with E-state index in [-0.39, 0.29) is 31.1 Å². The first-order valence-corrected chi connectivity index (χ1v) is 27.4. The Hall–Kier alpha value is -3.93. The van der Waals surface area contributed by atoms with Gasteiger partial charge in [-0.1, -0.05) is 239 Å². The summed E-state index contributed by atoms with van der Waals surface area (Å²) in [6.07, 6.45) is 73.9. The average molecular weight is 929 g/mol. The molecule has 0 heterocycles. The molecule has 0 saturated carbocycles. The number of unbranched alkanes of at least 4 members (excludes halogenated alkanes) is 19. The Morgan fingerprint density at radius 3 is 0.910 bits per heavy atom. The van der Waals surface area contributed by atoms with Crippen LogP contribution in [0.15, 0.2) is 109 Å². The molecular formula is C61H100O6. The first-order chi connectivity index (χ1) is 33.0. The van der Waals surface area contributed by atoms with E-state index in [1.165, 1.54) is 77.0 Å². The Morgan fingerprint density at radius 2 is 0.582 bits per heavy atom. The highest BCUT2D eigenvalue weighted by Gasteiger charge is 2.19. The van der Waals surface area contributed by atoms with Crippen molar-refractivity contribution in [2.75, 3.05) is 13.2 Å². The lowest BCUT2D eigenvalue weighted by atomic mass is 10.1. The molecule has 0 aromatic heterocycles. The van der Waals surface area contributed by atoms with Gasteiger partial charge in [0.15, 0.2) is 6.10 Å². The fourth-order valence-electron chi connectivity index (χ4n) is 7.20. The molecule has 0 bridgehead atoms. The molecule has 0 aliphatic carbocycles. The minimum absolute atomic E-state index is 0.0871. The van der Waals surface area contributed by atoms with Crippen molar-refractivity contribution in [2.45, 2.75) is 245 Å². The molecule has 0 aliphatic heterocycles. The second kappa shape index (κ2) is 54.7. The highest BCUT2D eigenvalue weighted by atomic mass is 16.6. The Bertz CT molecular complexity index is 1390. The first kappa shape index (κ1) is 63.1. The minimum Gasteiger partial charge on any atom is -0.462 e. The van der Waals surface area contributed by atoms with E-state index in [4.69, 9.17) is 14.2 Å². The van der Waals surface area contributed by atoms with E-state index in [2.05, 4.69) is 130 Å². The Balaban J connectivity index is 4.22. The second-order valence-electron chi connectivity index (χ2n) is 17.8. The van der Waals surface area contributed by atoms with Crippen LogP contribution in [-0.4, -0.2) is 37.2 Å². The maximum Gasteiger partial charge on any atom is 0.306 e. The number of carbonyl (C=O) groups excluding carboxylic acids is 3. The summed E-state index contributed by atoms with van der Waals surface area (Å²) >= 11 is 0. The Labute approximate surface area is 412 Å². The molecule has 0 aromatic rings. The van der Waals surface area contributed by atoms with Gasteiger partial charge in [-0.15, -0.1) is 0 Å². The third-order valence-corrected chi connectivity index (χ3v) is 11.3. The molecule has 6 heteroatoms. The van der Waals surface area contributed by atoms with Crippen molar-refractivity contribution in [3.63, 3.8) is 0 Å². The highest BCUT2D eigenvalue weighted by molar-refractivity contribution is 5.71. The van der Waals surface area contributed by atoms with Gasteiger partial charge in [-0.25, -0.2) is 0 Å². The van der Waals surface area contributed by atoms with Crippen molar-refractivity contribution in [2.24, 2.45) is 0 Å². The van der Waals surface area contributed by atoms with Crippen LogP contribution in [0.4, 0.5) is 0 Å². The van der Waals surface area contributed by atoms with Gasteiger partial charge in [0.2, 0.25) is 0 Å². The standard InChI is InChI=1S/C61H100O6/c1-4-7-10-13-16-19-21-22-23-24-25-26-27-28-29-30-31-32-33-34-35-36-37-38-39-40-41-43-45-48-51-54-60(63)66-57-58(56-65-59(62)53-50-47-44-18-15-12-9-6-3)67-61(64)55-52-49-46-42-20-17-14-11-8-5-2/h7,10,16,19,22-23,25-26,28-29,31-32,34-35,37-38,40-41,58H,4-6,8-9,11-15,17-18,20-21,24,27,30,33,36,39,42-57H2,1-3H3/b10-7-,19-16-,23-22-,26-25-,29-28-,32-31-,35-34-,38-37-,41-40-. The van der Waals surface area contributed by atoms with Crippen LogP contribution in [0.3, 0.4) is 0 Å². The summed E-state index contributed by atoms with van der Waals surface area (Å²) in [6, 6.07) is 0. The minimum atomic E-state index is -0.786. The summed E-state index contributed by atoms with van der Waals surface area (Å²) in [4.78, 5) is 37.8. The fraction of sp³-hybridized carbons (Fsp3) is 0.656. The van der Waals surface area contributed by atoms with E-state index in [1.807, 2.05) is 0 Å². The molecule has 0 spiro atoms. The van der Waals surface area contributed by atoms with Crippen molar-refractivity contribution < 1.29 is 28.6 Å². The van der Waals surface area contributed by atoms with E-state index in [9.17, 15) is 14.4 Å². The summed E-state index contributed by atoms with van der Waals surface area (Å²) in [7, 11) is 0. The normalized spacial score (nSPS) is 12.9. The maximum atomic E-state index is 12.7. The van der Waals surface area contributed by atoms with E-state index >= 15 is 0 Å². The van der Waals surface area contributed by atoms with Crippen LogP contribution in [-0.2, 0) is 28.6 Å². The smallest absolute Gasteiger partial charge is 0.306 e. The SMILES string of the molecule is CC/C=C\C/C=C\C/C=C\C/C=C\C/C=C\C/C=C\C/C=C\C/C=C\C/C=C\CCCCCC(=O)OCC(COC(=O)CCCCCCCCCC)OC(=O)CCCCCCCCCCCC. The van der Waals surface area contributed by atoms with E-state index in [0.29, 0.717) is 19.3 Å². The summed E-state index contributed by atoms with van der Waals surface area (Å²) in [5, 5.41) is 0. The zero-order valence-electron chi connectivity index (χ0n) is 43.4. The van der Waals surface area contributed by atoms with Crippen LogP contribution in [0.2, 0.25) is 0 Å². The Kier molecular flexibility index (Phi) is 51.5. The molecule has 0 saturated heterocycles. The molecule has 0 radical (unpaired) electrons. The van der Waals surface area contributed by atoms with Crippen LogP contribution >= 0.6 is 0 Å². The van der Waals surface area contributed by atoms with Gasteiger partial charge in [0.05, 0.1) is 0 Å². The predicted molar refractivity (Wildman–Crippen MR) is 288 cm³/mol. The topological polar surface area (TPSA) is 78.9 Å². The lowest BCUT2D eigenvalue weighted by molar-refractivity contribution is -0.167. The number of hydrogen-bond acceptors (Lipinski definition) is 6. The summed E-state index contributed by atoms with van der Waals surface area (Å²) in [6.45, 7) is 6.44. The zero-order chi connectivity index (χ0) is 48.6. The van der Waals surface area contributed by atoms with E-state index < -0.39 is 6.10 Å². The van der Waals surface area contributed by atoms with Crippen molar-refractivity contribution in [3.05, 3.63) is 109 Å². The van der Waals surface area contributed by atoms with Gasteiger partial charge in [-0.3, -0.25) is 14.4 Å². The maximum absolute atomic E-state index is 12.7. The molecule has 1 atom stereocenters. The molecule has 0 fully saturated rings. The first-order valence-electron chi connectivity index (χ1n) is 27.4. The summed E-state index contributed by atoms with van der Waals surface area (Å²) in [5.41, 5.74) is 0. The molecule has 0 rings (SSSR count). The molecule has 6 nitrogen and oxygen atoms in total. The van der Waals surface area contributed by atoms with E-state index in [1.54, 1.807) is 0 Å². The molecule has 380 valence electrons. The van der Waals surface area contributed by atoms with Crippen LogP contribution < -0.4 is 0 Å². The second-order valence-corrected chi connectivity index (χ2v) is 17.8. The van der Waals surface area contributed by atoms with Crippen molar-refractivity contribution in [3.8, 4) is 0 Å². The highest BCUT2D eigenvalue weighted by Crippen LogP contribution is 2.14. The number of rotatable bonds is 48. The van der Waals surface area contributed by atoms with Crippen molar-refractivity contribution >= 4 is 17.9 Å². The van der Waals surface area contributed by atoms with Gasteiger partial charge in [-0.2, -0.15) is 0 Å². The molecule has 0 aromatic carbocycles. The average Bonchev–Trinajstić information content (AvgIpc) is 3.33. The molecular weight excluding hydrogens is 829 g/mol. The van der Waals surface area contributed by atoms with Gasteiger partial charge < -0.3 is 14.2 Å². The predicted octanol–water partition coefficient (Wildman–Crippen LogP) is 18.3. The third kappa shape index (κ3) is 52.9. The number of carbonyl (C=O) groups is 3. The molecule has 0 amide bonds. The van der Waals surface area contributed by atoms with Gasteiger partial charge in [0.25, 0.3) is 0 Å². The monoisotopic (exact) mass is 929 g/mol. The molecule has 1 unspecified atom stereocenters. The van der Waals surface area contributed by atoms with Gasteiger partial charge in [0.1, 0.15) is 13.2 Å². The number of allylic oxidation sites excluding steroid dienone is 18. The number of hydrogen-bond donors (Lipinski definition) is 0. The Morgan fingerprint density at radius 1 is 0.313 bits per heavy atom. The van der Waals surface area contributed by atoms with Gasteiger partial charge in [-0.05, 0) is 89.9 Å². The lowest BCUT2D eigenvalue weighted by Gasteiger charge is -2.18. The van der Waals surface area contributed by atoms with Crippen LogP contribution in [0, 0.1) is 0 Å². The van der Waals surface area contributed by atoms with Crippen LogP contribution in [0.1, 0.15) is 239 Å². The summed E-state index contributed by atoms with van der Waals surface area (Å²) < 4.78 is 16.7. The third-order valence-electron chi connectivity index (χ3n) is 11.3. The zero-order valence-corrected chi connectivity index (χ0v) is 43.4. The fourth-order valence-corrected chi connectivity index (χ4v) is 7.20. The number of ether oxygens (including phenoxy) is 3. The van der Waals surface area contributed by atoms with Crippen molar-refractivity contribution in [1.82, 2.24) is 0 Å². The van der Waals surface area contributed by atoms with Gasteiger partial charge in [0, 0.05) is 19.3 Å². The van der Waals surface area contributed by atoms with E-state index in [0.717, 1.165) is 122 Å². The molecule has 0 N–H and O–H groups in total. The quantitative estimate of drug-likeness (QED) is 0.0262.